The van der Waals surface area contributed by atoms with Crippen LogP contribution < -0.4 is 0 Å². The van der Waals surface area contributed by atoms with Gasteiger partial charge >= 0.3 is 5.97 Å². The summed E-state index contributed by atoms with van der Waals surface area (Å²) in [5, 5.41) is 0. The average Bonchev–Trinajstić information content (AvgIpc) is 2.49. The molecule has 1 aliphatic heterocycles. The predicted molar refractivity (Wildman–Crippen MR) is 78.6 cm³/mol. The molecule has 4 nitrogen and oxygen atoms in total. The largest absolute Gasteiger partial charge is 0.458 e. The fraction of sp³-hybridized carbons (Fsp3) is 0.529. The molecule has 1 saturated heterocycles. The van der Waals surface area contributed by atoms with E-state index in [4.69, 9.17) is 9.47 Å². The summed E-state index contributed by atoms with van der Waals surface area (Å²) in [5.41, 5.74) is 1.09. The van der Waals surface area contributed by atoms with Crippen LogP contribution in [0.5, 0.6) is 0 Å². The number of esters is 1. The van der Waals surface area contributed by atoms with Crippen LogP contribution >= 0.6 is 0 Å². The standard InChI is InChI=1S/C17H22O4/c1-12(18)7-6-10-15(16-13(2)17(19)21-16)20-11-14-8-4-3-5-9-14/h3-5,8-9,13,15-16H,6-7,10-11H2,1-2H3/t13-,15+,16?/m1/s1. The van der Waals surface area contributed by atoms with Crippen LogP contribution in [-0.4, -0.2) is 24.0 Å². The first-order valence-electron chi connectivity index (χ1n) is 7.43. The number of ketones is 1. The Morgan fingerprint density at radius 1 is 1.33 bits per heavy atom. The molecule has 114 valence electrons. The topological polar surface area (TPSA) is 52.6 Å². The number of Topliss-reactive ketones (excluding diaryl/α,β-unsaturated/α-hetero) is 1. The van der Waals surface area contributed by atoms with Crippen molar-refractivity contribution in [3.63, 3.8) is 0 Å². The van der Waals surface area contributed by atoms with Crippen molar-refractivity contribution >= 4 is 11.8 Å². The first-order chi connectivity index (χ1) is 10.1. The van der Waals surface area contributed by atoms with Crippen LogP contribution in [0.25, 0.3) is 0 Å². The maximum absolute atomic E-state index is 11.3. The van der Waals surface area contributed by atoms with E-state index < -0.39 is 0 Å². The van der Waals surface area contributed by atoms with Gasteiger partial charge < -0.3 is 14.3 Å². The quantitative estimate of drug-likeness (QED) is 0.691. The number of carbonyl (C=O) groups is 2. The van der Waals surface area contributed by atoms with E-state index in [-0.39, 0.29) is 29.9 Å². The van der Waals surface area contributed by atoms with Gasteiger partial charge in [0.05, 0.1) is 18.6 Å². The summed E-state index contributed by atoms with van der Waals surface area (Å²) in [6.45, 7) is 3.94. The summed E-state index contributed by atoms with van der Waals surface area (Å²) in [7, 11) is 0. The first-order valence-corrected chi connectivity index (χ1v) is 7.43. The lowest BCUT2D eigenvalue weighted by atomic mass is 9.91. The Morgan fingerprint density at radius 2 is 2.05 bits per heavy atom. The minimum atomic E-state index is -0.187. The molecule has 1 heterocycles. The fourth-order valence-corrected chi connectivity index (χ4v) is 2.48. The lowest BCUT2D eigenvalue weighted by Gasteiger charge is -2.38. The molecule has 1 aliphatic rings. The van der Waals surface area contributed by atoms with Crippen LogP contribution in [0.4, 0.5) is 0 Å². The van der Waals surface area contributed by atoms with Crippen LogP contribution in [0.3, 0.4) is 0 Å². The average molecular weight is 290 g/mol. The SMILES string of the molecule is CC(=O)CCC[C@H](OCc1ccccc1)C1OC(=O)[C@@H]1C. The lowest BCUT2D eigenvalue weighted by Crippen LogP contribution is -2.51. The number of hydrogen-bond donors (Lipinski definition) is 0. The van der Waals surface area contributed by atoms with E-state index >= 15 is 0 Å². The molecule has 0 bridgehead atoms. The molecule has 2 rings (SSSR count). The Kier molecular flexibility index (Phi) is 5.51. The maximum atomic E-state index is 11.3. The van der Waals surface area contributed by atoms with Crippen molar-refractivity contribution < 1.29 is 19.1 Å². The minimum absolute atomic E-state index is 0.122. The summed E-state index contributed by atoms with van der Waals surface area (Å²) in [4.78, 5) is 22.3. The predicted octanol–water partition coefficient (Wildman–Crippen LogP) is 2.89. The van der Waals surface area contributed by atoms with E-state index in [0.717, 1.165) is 18.4 Å². The van der Waals surface area contributed by atoms with Gasteiger partial charge in [-0.1, -0.05) is 30.3 Å². The molecule has 1 aromatic carbocycles. The van der Waals surface area contributed by atoms with E-state index in [1.807, 2.05) is 37.3 Å². The van der Waals surface area contributed by atoms with Gasteiger partial charge in [-0.25, -0.2) is 0 Å². The van der Waals surface area contributed by atoms with E-state index in [1.165, 1.54) is 0 Å². The molecule has 0 N–H and O–H groups in total. The first kappa shape index (κ1) is 15.7. The highest BCUT2D eigenvalue weighted by atomic mass is 16.6. The third-order valence-corrected chi connectivity index (χ3v) is 3.81. The zero-order valence-electron chi connectivity index (χ0n) is 12.6. The molecule has 0 amide bonds. The summed E-state index contributed by atoms with van der Waals surface area (Å²) in [6.07, 6.45) is 1.70. The molecule has 0 radical (unpaired) electrons. The molecule has 1 unspecified atom stereocenters. The van der Waals surface area contributed by atoms with Crippen molar-refractivity contribution in [2.45, 2.75) is 51.9 Å². The highest BCUT2D eigenvalue weighted by molar-refractivity contribution is 5.78. The van der Waals surface area contributed by atoms with Crippen molar-refractivity contribution in [1.29, 1.82) is 0 Å². The molecule has 3 atom stereocenters. The van der Waals surface area contributed by atoms with Crippen LogP contribution in [0.2, 0.25) is 0 Å². The van der Waals surface area contributed by atoms with Crippen LogP contribution in [0.15, 0.2) is 30.3 Å². The molecule has 1 aromatic rings. The normalized spacial score (nSPS) is 22.3. The Morgan fingerprint density at radius 3 is 2.62 bits per heavy atom. The van der Waals surface area contributed by atoms with E-state index in [0.29, 0.717) is 13.0 Å². The van der Waals surface area contributed by atoms with Crippen molar-refractivity contribution in [2.75, 3.05) is 0 Å². The number of rotatable bonds is 8. The van der Waals surface area contributed by atoms with Crippen molar-refractivity contribution in [3.05, 3.63) is 35.9 Å². The number of hydrogen-bond acceptors (Lipinski definition) is 4. The molecular formula is C17H22O4. The third-order valence-electron chi connectivity index (χ3n) is 3.81. The monoisotopic (exact) mass is 290 g/mol. The molecule has 0 aromatic heterocycles. The van der Waals surface area contributed by atoms with Gasteiger partial charge in [0.1, 0.15) is 11.9 Å². The Hall–Kier alpha value is -1.68. The van der Waals surface area contributed by atoms with Crippen molar-refractivity contribution in [1.82, 2.24) is 0 Å². The maximum Gasteiger partial charge on any atom is 0.312 e. The molecular weight excluding hydrogens is 268 g/mol. The summed E-state index contributed by atoms with van der Waals surface area (Å²) >= 11 is 0. The minimum Gasteiger partial charge on any atom is -0.458 e. The number of cyclic esters (lactones) is 1. The molecule has 1 fully saturated rings. The molecule has 21 heavy (non-hydrogen) atoms. The number of carbonyl (C=O) groups excluding carboxylic acids is 2. The second-order valence-corrected chi connectivity index (χ2v) is 5.62. The lowest BCUT2D eigenvalue weighted by molar-refractivity contribution is -0.202. The van der Waals surface area contributed by atoms with Gasteiger partial charge in [0.15, 0.2) is 0 Å². The van der Waals surface area contributed by atoms with Gasteiger partial charge in [0, 0.05) is 6.42 Å². The van der Waals surface area contributed by atoms with Gasteiger partial charge in [0.25, 0.3) is 0 Å². The van der Waals surface area contributed by atoms with Gasteiger partial charge in [-0.2, -0.15) is 0 Å². The summed E-state index contributed by atoms with van der Waals surface area (Å²) < 4.78 is 11.2. The highest BCUT2D eigenvalue weighted by Gasteiger charge is 2.44. The molecule has 0 saturated carbocycles. The van der Waals surface area contributed by atoms with Gasteiger partial charge in [-0.15, -0.1) is 0 Å². The van der Waals surface area contributed by atoms with Crippen molar-refractivity contribution in [3.8, 4) is 0 Å². The Balaban J connectivity index is 1.88. The number of benzene rings is 1. The second kappa shape index (κ2) is 7.36. The Labute approximate surface area is 125 Å². The van der Waals surface area contributed by atoms with Gasteiger partial charge in [0.2, 0.25) is 0 Å². The molecule has 0 spiro atoms. The van der Waals surface area contributed by atoms with E-state index in [2.05, 4.69) is 0 Å². The van der Waals surface area contributed by atoms with Gasteiger partial charge in [-0.05, 0) is 32.3 Å². The number of ether oxygens (including phenoxy) is 2. The van der Waals surface area contributed by atoms with Crippen LogP contribution in [0, 0.1) is 5.92 Å². The fourth-order valence-electron chi connectivity index (χ4n) is 2.48. The zero-order chi connectivity index (χ0) is 15.2. The third kappa shape index (κ3) is 4.39. The summed E-state index contributed by atoms with van der Waals surface area (Å²) in [5.74, 6) is -0.113. The molecule has 0 aliphatic carbocycles. The van der Waals surface area contributed by atoms with E-state index in [9.17, 15) is 9.59 Å². The van der Waals surface area contributed by atoms with Crippen molar-refractivity contribution in [2.24, 2.45) is 5.92 Å². The molecule has 4 heteroatoms. The smallest absolute Gasteiger partial charge is 0.312 e. The van der Waals surface area contributed by atoms with Gasteiger partial charge in [-0.3, -0.25) is 4.79 Å². The summed E-state index contributed by atoms with van der Waals surface area (Å²) in [6, 6.07) is 9.90. The zero-order valence-corrected chi connectivity index (χ0v) is 12.6. The second-order valence-electron chi connectivity index (χ2n) is 5.62. The van der Waals surface area contributed by atoms with Crippen LogP contribution in [-0.2, 0) is 25.7 Å². The van der Waals surface area contributed by atoms with E-state index in [1.54, 1.807) is 6.92 Å². The Bertz CT molecular complexity index is 483. The highest BCUT2D eigenvalue weighted by Crippen LogP contribution is 2.29. The van der Waals surface area contributed by atoms with Crippen LogP contribution in [0.1, 0.15) is 38.7 Å².